The SMILES string of the molecule is CC(C)CC(NC(=O)C(C)NC(=O)C(N)Cc1ccccc1)C(=O)NC(C(=O)O)C(C)O. The highest BCUT2D eigenvalue weighted by Gasteiger charge is 2.31. The molecule has 0 aliphatic rings. The molecule has 0 aliphatic carbocycles. The van der Waals surface area contributed by atoms with Crippen LogP contribution < -0.4 is 21.7 Å². The quantitative estimate of drug-likeness (QED) is 0.250. The molecule has 1 aromatic rings. The van der Waals surface area contributed by atoms with Crippen molar-refractivity contribution in [3.8, 4) is 0 Å². The highest BCUT2D eigenvalue weighted by Crippen LogP contribution is 2.07. The predicted octanol–water partition coefficient (Wildman–Crippen LogP) is -0.458. The number of aliphatic hydroxyl groups excluding tert-OH is 1. The molecule has 32 heavy (non-hydrogen) atoms. The Morgan fingerprint density at radius 3 is 2.00 bits per heavy atom. The fraction of sp³-hybridized carbons (Fsp3) is 0.545. The second-order valence-electron chi connectivity index (χ2n) is 8.28. The normalized spacial score (nSPS) is 15.7. The van der Waals surface area contributed by atoms with Crippen LogP contribution in [0.15, 0.2) is 30.3 Å². The number of benzene rings is 1. The number of aliphatic carboxylic acids is 1. The fourth-order valence-electron chi connectivity index (χ4n) is 2.99. The van der Waals surface area contributed by atoms with Crippen molar-refractivity contribution in [2.24, 2.45) is 11.7 Å². The summed E-state index contributed by atoms with van der Waals surface area (Å²) in [7, 11) is 0. The first-order valence-corrected chi connectivity index (χ1v) is 10.5. The summed E-state index contributed by atoms with van der Waals surface area (Å²) in [6.07, 6.45) is -0.788. The maximum absolute atomic E-state index is 12.6. The van der Waals surface area contributed by atoms with E-state index in [0.717, 1.165) is 5.56 Å². The van der Waals surface area contributed by atoms with Gasteiger partial charge < -0.3 is 31.9 Å². The number of carboxylic acid groups (broad SMARTS) is 1. The second-order valence-corrected chi connectivity index (χ2v) is 8.28. The number of amides is 3. The van der Waals surface area contributed by atoms with Crippen molar-refractivity contribution in [2.45, 2.75) is 70.8 Å². The van der Waals surface area contributed by atoms with Crippen molar-refractivity contribution in [1.82, 2.24) is 16.0 Å². The third kappa shape index (κ3) is 9.03. The van der Waals surface area contributed by atoms with Gasteiger partial charge in [0.15, 0.2) is 6.04 Å². The number of nitrogens with two attached hydrogens (primary N) is 1. The van der Waals surface area contributed by atoms with Crippen LogP contribution in [0.3, 0.4) is 0 Å². The lowest BCUT2D eigenvalue weighted by molar-refractivity contribution is -0.145. The number of carboxylic acids is 1. The molecule has 10 heteroatoms. The molecule has 10 nitrogen and oxygen atoms in total. The number of hydrogen-bond donors (Lipinski definition) is 6. The van der Waals surface area contributed by atoms with Gasteiger partial charge in [-0.15, -0.1) is 0 Å². The molecule has 7 N–H and O–H groups in total. The van der Waals surface area contributed by atoms with Crippen molar-refractivity contribution in [2.75, 3.05) is 0 Å². The zero-order valence-corrected chi connectivity index (χ0v) is 18.9. The molecule has 5 unspecified atom stereocenters. The van der Waals surface area contributed by atoms with Gasteiger partial charge in [0.25, 0.3) is 0 Å². The minimum atomic E-state index is -1.51. The lowest BCUT2D eigenvalue weighted by atomic mass is 10.0. The minimum absolute atomic E-state index is 0.00469. The van der Waals surface area contributed by atoms with Crippen LogP contribution in [-0.2, 0) is 25.6 Å². The van der Waals surface area contributed by atoms with Gasteiger partial charge in [-0.3, -0.25) is 14.4 Å². The van der Waals surface area contributed by atoms with E-state index < -0.39 is 54.0 Å². The number of aliphatic hydroxyl groups is 1. The average molecular weight is 451 g/mol. The van der Waals surface area contributed by atoms with Crippen LogP contribution in [0.25, 0.3) is 0 Å². The molecule has 1 aromatic carbocycles. The zero-order chi connectivity index (χ0) is 24.4. The van der Waals surface area contributed by atoms with Crippen molar-refractivity contribution in [3.05, 3.63) is 35.9 Å². The average Bonchev–Trinajstić information content (AvgIpc) is 2.70. The maximum atomic E-state index is 12.6. The Labute approximate surface area is 187 Å². The summed E-state index contributed by atoms with van der Waals surface area (Å²) in [5.74, 6) is -3.25. The maximum Gasteiger partial charge on any atom is 0.328 e. The van der Waals surface area contributed by atoms with Crippen molar-refractivity contribution in [1.29, 1.82) is 0 Å². The van der Waals surface area contributed by atoms with E-state index in [2.05, 4.69) is 16.0 Å². The molecule has 0 radical (unpaired) electrons. The standard InChI is InChI=1S/C22H34N4O6/c1-12(2)10-17(21(30)26-18(14(4)27)22(31)32)25-19(28)13(3)24-20(29)16(23)11-15-8-6-5-7-9-15/h5-9,12-14,16-18,27H,10-11,23H2,1-4H3,(H,24,29)(H,25,28)(H,26,30)(H,31,32). The van der Waals surface area contributed by atoms with E-state index in [1.54, 1.807) is 0 Å². The van der Waals surface area contributed by atoms with Crippen molar-refractivity contribution >= 4 is 23.7 Å². The van der Waals surface area contributed by atoms with Crippen LogP contribution in [0.4, 0.5) is 0 Å². The van der Waals surface area contributed by atoms with Gasteiger partial charge in [0, 0.05) is 0 Å². The Bertz CT molecular complexity index is 784. The summed E-state index contributed by atoms with van der Waals surface area (Å²) in [5, 5.41) is 26.1. The van der Waals surface area contributed by atoms with Gasteiger partial charge in [0.2, 0.25) is 17.7 Å². The van der Waals surface area contributed by atoms with Crippen LogP contribution in [0.5, 0.6) is 0 Å². The van der Waals surface area contributed by atoms with E-state index in [4.69, 9.17) is 10.8 Å². The first kappa shape index (κ1) is 27.1. The summed E-state index contributed by atoms with van der Waals surface area (Å²) in [5.41, 5.74) is 6.82. The third-order valence-corrected chi connectivity index (χ3v) is 4.77. The minimum Gasteiger partial charge on any atom is -0.480 e. The molecule has 3 amide bonds. The zero-order valence-electron chi connectivity index (χ0n) is 18.9. The first-order chi connectivity index (χ1) is 14.9. The van der Waals surface area contributed by atoms with E-state index in [0.29, 0.717) is 6.42 Å². The Kier molecular flexibility index (Phi) is 10.8. The van der Waals surface area contributed by atoms with E-state index in [1.165, 1.54) is 13.8 Å². The van der Waals surface area contributed by atoms with Crippen LogP contribution in [0.2, 0.25) is 0 Å². The van der Waals surface area contributed by atoms with E-state index in [-0.39, 0.29) is 12.3 Å². The monoisotopic (exact) mass is 450 g/mol. The molecule has 5 atom stereocenters. The molecule has 0 saturated heterocycles. The van der Waals surface area contributed by atoms with Gasteiger partial charge in [-0.05, 0) is 38.2 Å². The Balaban J connectivity index is 2.74. The number of hydrogen-bond acceptors (Lipinski definition) is 6. The third-order valence-electron chi connectivity index (χ3n) is 4.77. The Morgan fingerprint density at radius 2 is 1.50 bits per heavy atom. The van der Waals surface area contributed by atoms with Gasteiger partial charge in [0.05, 0.1) is 12.1 Å². The molecular formula is C22H34N4O6. The van der Waals surface area contributed by atoms with Crippen LogP contribution in [0, 0.1) is 5.92 Å². The predicted molar refractivity (Wildman–Crippen MR) is 118 cm³/mol. The number of carbonyl (C=O) groups is 4. The van der Waals surface area contributed by atoms with Gasteiger partial charge in [-0.25, -0.2) is 4.79 Å². The van der Waals surface area contributed by atoms with Crippen LogP contribution in [-0.4, -0.2) is 64.2 Å². The van der Waals surface area contributed by atoms with Gasteiger partial charge >= 0.3 is 5.97 Å². The molecule has 0 heterocycles. The lowest BCUT2D eigenvalue weighted by Crippen LogP contribution is -2.58. The van der Waals surface area contributed by atoms with Gasteiger partial charge in [-0.1, -0.05) is 44.2 Å². The highest BCUT2D eigenvalue weighted by molar-refractivity contribution is 5.94. The molecule has 0 saturated carbocycles. The lowest BCUT2D eigenvalue weighted by Gasteiger charge is -2.25. The van der Waals surface area contributed by atoms with E-state index in [1.807, 2.05) is 44.2 Å². The summed E-state index contributed by atoms with van der Waals surface area (Å²) < 4.78 is 0. The van der Waals surface area contributed by atoms with Crippen molar-refractivity contribution in [3.63, 3.8) is 0 Å². The Morgan fingerprint density at radius 1 is 0.906 bits per heavy atom. The van der Waals surface area contributed by atoms with E-state index >= 15 is 0 Å². The largest absolute Gasteiger partial charge is 0.480 e. The van der Waals surface area contributed by atoms with Gasteiger partial charge in [0.1, 0.15) is 12.1 Å². The fourth-order valence-corrected chi connectivity index (χ4v) is 2.99. The van der Waals surface area contributed by atoms with E-state index in [9.17, 15) is 24.3 Å². The second kappa shape index (κ2) is 12.8. The molecular weight excluding hydrogens is 416 g/mol. The molecule has 0 fully saturated rings. The number of nitrogens with one attached hydrogen (secondary N) is 3. The summed E-state index contributed by atoms with van der Waals surface area (Å²) >= 11 is 0. The molecule has 0 aromatic heterocycles. The molecule has 178 valence electrons. The molecule has 1 rings (SSSR count). The highest BCUT2D eigenvalue weighted by atomic mass is 16.4. The number of carbonyl (C=O) groups excluding carboxylic acids is 3. The summed E-state index contributed by atoms with van der Waals surface area (Å²) in [4.78, 5) is 48.8. The molecule has 0 aliphatic heterocycles. The summed E-state index contributed by atoms with van der Waals surface area (Å²) in [6.45, 7) is 6.38. The number of rotatable bonds is 12. The van der Waals surface area contributed by atoms with Gasteiger partial charge in [-0.2, -0.15) is 0 Å². The van der Waals surface area contributed by atoms with Crippen LogP contribution >= 0.6 is 0 Å². The smallest absolute Gasteiger partial charge is 0.328 e. The summed E-state index contributed by atoms with van der Waals surface area (Å²) in [6, 6.07) is 4.83. The first-order valence-electron chi connectivity index (χ1n) is 10.5. The Hall–Kier alpha value is -2.98. The molecule has 0 bridgehead atoms. The molecule has 0 spiro atoms. The van der Waals surface area contributed by atoms with Crippen LogP contribution in [0.1, 0.15) is 39.7 Å². The topological polar surface area (TPSA) is 171 Å². The van der Waals surface area contributed by atoms with Crippen molar-refractivity contribution < 1.29 is 29.4 Å².